The summed E-state index contributed by atoms with van der Waals surface area (Å²) in [7, 11) is 0. The molecule has 0 unspecified atom stereocenters. The zero-order valence-corrected chi connectivity index (χ0v) is 9.60. The molecule has 2 N–H and O–H groups in total. The quantitative estimate of drug-likeness (QED) is 0.523. The van der Waals surface area contributed by atoms with Gasteiger partial charge in [0.2, 0.25) is 0 Å². The summed E-state index contributed by atoms with van der Waals surface area (Å²) < 4.78 is 14.8. The van der Waals surface area contributed by atoms with Crippen molar-refractivity contribution in [3.8, 4) is 0 Å². The molecular weight excluding hydrogens is 215 g/mol. The van der Waals surface area contributed by atoms with E-state index in [1.54, 1.807) is 13.8 Å². The average molecular weight is 230 g/mol. The summed E-state index contributed by atoms with van der Waals surface area (Å²) in [6, 6.07) is 0. The van der Waals surface area contributed by atoms with Gasteiger partial charge in [0.25, 0.3) is 5.97 Å². The van der Waals surface area contributed by atoms with Crippen LogP contribution < -0.4 is 0 Å². The van der Waals surface area contributed by atoms with Crippen LogP contribution in [-0.4, -0.2) is 29.0 Å². The van der Waals surface area contributed by atoms with Crippen molar-refractivity contribution in [2.45, 2.75) is 26.7 Å². The van der Waals surface area contributed by atoms with E-state index in [4.69, 9.17) is 23.8 Å². The first-order valence-corrected chi connectivity index (χ1v) is 6.49. The maximum Gasteiger partial charge on any atom is 0.326 e. The number of ether oxygens (including phenoxy) is 2. The minimum absolute atomic E-state index is 0.325. The van der Waals surface area contributed by atoms with Gasteiger partial charge in [-0.2, -0.15) is 0 Å². The first kappa shape index (κ1) is 13.4. The number of hydrogen-bond donors (Lipinski definition) is 2. The fraction of sp³-hybridized carbons (Fsp3) is 1.00. The van der Waals surface area contributed by atoms with Crippen molar-refractivity contribution in [2.24, 2.45) is 0 Å². The van der Waals surface area contributed by atoms with Crippen molar-refractivity contribution in [3.05, 3.63) is 0 Å². The molecular formula is C6H15O5PS. The molecule has 0 aliphatic heterocycles. The Labute approximate surface area is 82.9 Å². The second-order valence-corrected chi connectivity index (χ2v) is 4.90. The van der Waals surface area contributed by atoms with Crippen molar-refractivity contribution in [3.63, 3.8) is 0 Å². The highest BCUT2D eigenvalue weighted by atomic mass is 32.5. The molecule has 0 aromatic rings. The van der Waals surface area contributed by atoms with Gasteiger partial charge in [0.15, 0.2) is 0 Å². The van der Waals surface area contributed by atoms with Crippen LogP contribution in [0.15, 0.2) is 0 Å². The van der Waals surface area contributed by atoms with Gasteiger partial charge < -0.3 is 19.3 Å². The first-order valence-electron chi connectivity index (χ1n) is 3.87. The lowest BCUT2D eigenvalue weighted by Gasteiger charge is -2.29. The summed E-state index contributed by atoms with van der Waals surface area (Å²) in [6.07, 6.45) is 0. The first-order chi connectivity index (χ1) is 5.83. The van der Waals surface area contributed by atoms with E-state index in [1.807, 2.05) is 0 Å². The molecule has 5 nitrogen and oxygen atoms in total. The average Bonchev–Trinajstić information content (AvgIpc) is 1.82. The second kappa shape index (κ2) is 5.36. The zero-order valence-electron chi connectivity index (χ0n) is 7.89. The predicted molar refractivity (Wildman–Crippen MR) is 51.5 cm³/mol. The van der Waals surface area contributed by atoms with Crippen LogP contribution in [0.5, 0.6) is 0 Å². The molecule has 0 heterocycles. The van der Waals surface area contributed by atoms with Crippen molar-refractivity contribution in [2.75, 3.05) is 13.2 Å². The lowest BCUT2D eigenvalue weighted by molar-refractivity contribution is -0.331. The van der Waals surface area contributed by atoms with E-state index in [2.05, 4.69) is 11.8 Å². The van der Waals surface area contributed by atoms with E-state index in [9.17, 15) is 0 Å². The highest BCUT2D eigenvalue weighted by molar-refractivity contribution is 8.06. The van der Waals surface area contributed by atoms with Crippen LogP contribution in [0.1, 0.15) is 20.8 Å². The van der Waals surface area contributed by atoms with Gasteiger partial charge >= 0.3 is 6.72 Å². The summed E-state index contributed by atoms with van der Waals surface area (Å²) in [6.45, 7) is 1.80. The molecule has 13 heavy (non-hydrogen) atoms. The van der Waals surface area contributed by atoms with Gasteiger partial charge in [-0.3, -0.25) is 4.52 Å². The Balaban J connectivity index is 4.31. The molecule has 0 bridgehead atoms. The van der Waals surface area contributed by atoms with Crippen molar-refractivity contribution in [1.82, 2.24) is 0 Å². The van der Waals surface area contributed by atoms with Crippen LogP contribution in [0, 0.1) is 0 Å². The minimum Gasteiger partial charge on any atom is -0.328 e. The molecule has 0 amide bonds. The predicted octanol–water partition coefficient (Wildman–Crippen LogP) is 0.959. The van der Waals surface area contributed by atoms with Crippen LogP contribution in [0.25, 0.3) is 0 Å². The molecule has 0 spiro atoms. The molecule has 7 heteroatoms. The maximum absolute atomic E-state index is 8.91. The lowest BCUT2D eigenvalue weighted by Crippen LogP contribution is -2.34. The van der Waals surface area contributed by atoms with Crippen LogP contribution in [0.2, 0.25) is 0 Å². The summed E-state index contributed by atoms with van der Waals surface area (Å²) in [5, 5.41) is 0. The normalized spacial score (nSPS) is 13.3. The minimum atomic E-state index is -3.76. The molecule has 0 aromatic heterocycles. The van der Waals surface area contributed by atoms with E-state index in [0.29, 0.717) is 13.2 Å². The summed E-state index contributed by atoms with van der Waals surface area (Å²) in [5.74, 6) is -1.47. The lowest BCUT2D eigenvalue weighted by atomic mass is 10.6. The Morgan fingerprint density at radius 1 is 1.23 bits per heavy atom. The highest BCUT2D eigenvalue weighted by Gasteiger charge is 2.32. The van der Waals surface area contributed by atoms with E-state index in [0.717, 1.165) is 0 Å². The van der Waals surface area contributed by atoms with Gasteiger partial charge in [0.05, 0.1) is 0 Å². The molecule has 0 fully saturated rings. The van der Waals surface area contributed by atoms with E-state index in [1.165, 1.54) is 6.92 Å². The van der Waals surface area contributed by atoms with Crippen molar-refractivity contribution < 1.29 is 23.8 Å². The molecule has 0 rings (SSSR count). The van der Waals surface area contributed by atoms with Crippen LogP contribution >= 0.6 is 6.72 Å². The summed E-state index contributed by atoms with van der Waals surface area (Å²) in [4.78, 5) is 17.8. The number of rotatable bonds is 6. The third kappa shape index (κ3) is 6.51. The van der Waals surface area contributed by atoms with Gasteiger partial charge in [-0.1, -0.05) is 0 Å². The Bertz CT molecular complexity index is 185. The van der Waals surface area contributed by atoms with Gasteiger partial charge in [0.1, 0.15) is 0 Å². The second-order valence-electron chi connectivity index (χ2n) is 2.31. The van der Waals surface area contributed by atoms with Gasteiger partial charge in [-0.15, -0.1) is 0 Å². The molecule has 0 atom stereocenters. The van der Waals surface area contributed by atoms with Gasteiger partial charge in [0, 0.05) is 20.1 Å². The molecule has 0 saturated carbocycles. The SMILES string of the molecule is CCOC(C)(OCC)OP(O)(O)=S. The Morgan fingerprint density at radius 2 is 1.62 bits per heavy atom. The van der Waals surface area contributed by atoms with Crippen LogP contribution in [-0.2, 0) is 25.8 Å². The molecule has 0 saturated heterocycles. The fourth-order valence-corrected chi connectivity index (χ4v) is 1.78. The monoisotopic (exact) mass is 230 g/mol. The smallest absolute Gasteiger partial charge is 0.326 e. The standard InChI is InChI=1S/C6H15O5PS/c1-4-9-6(3,10-5-2)11-12(7,8)13/h4-5H2,1-3H3,(H2,7,8,13). The van der Waals surface area contributed by atoms with Crippen molar-refractivity contribution in [1.29, 1.82) is 0 Å². The summed E-state index contributed by atoms with van der Waals surface area (Å²) >= 11 is 4.30. The molecule has 0 aliphatic rings. The summed E-state index contributed by atoms with van der Waals surface area (Å²) in [5.41, 5.74) is 0. The molecule has 0 radical (unpaired) electrons. The van der Waals surface area contributed by atoms with Crippen LogP contribution in [0.3, 0.4) is 0 Å². The topological polar surface area (TPSA) is 68.2 Å². The Hall–Kier alpha value is 0.450. The third-order valence-electron chi connectivity index (χ3n) is 1.10. The van der Waals surface area contributed by atoms with E-state index >= 15 is 0 Å². The maximum atomic E-state index is 8.91. The number of hydrogen-bond acceptors (Lipinski definition) is 4. The highest BCUT2D eigenvalue weighted by Crippen LogP contribution is 2.42. The molecule has 0 aliphatic carbocycles. The van der Waals surface area contributed by atoms with Crippen LogP contribution in [0.4, 0.5) is 0 Å². The van der Waals surface area contributed by atoms with E-state index < -0.39 is 12.7 Å². The zero-order chi connectivity index (χ0) is 10.5. The molecule has 0 aromatic carbocycles. The van der Waals surface area contributed by atoms with Gasteiger partial charge in [-0.05, 0) is 25.7 Å². The van der Waals surface area contributed by atoms with E-state index in [-0.39, 0.29) is 0 Å². The fourth-order valence-electron chi connectivity index (χ4n) is 0.835. The van der Waals surface area contributed by atoms with Gasteiger partial charge in [-0.25, -0.2) is 0 Å². The van der Waals surface area contributed by atoms with Crippen molar-refractivity contribution >= 4 is 18.5 Å². The Kier molecular flexibility index (Phi) is 5.55. The third-order valence-corrected chi connectivity index (χ3v) is 1.89. The largest absolute Gasteiger partial charge is 0.328 e. The Morgan fingerprint density at radius 3 is 1.85 bits per heavy atom. The molecule has 80 valence electrons.